The number of carbonyl (C=O) groups is 2. The zero-order chi connectivity index (χ0) is 26.2. The summed E-state index contributed by atoms with van der Waals surface area (Å²) in [5.74, 6) is -0.00607. The minimum Gasteiger partial charge on any atom is -0.381 e. The number of H-pyrrole nitrogens is 1. The van der Waals surface area contributed by atoms with Gasteiger partial charge in [-0.2, -0.15) is 0 Å². The zero-order valence-electron chi connectivity index (χ0n) is 22.3. The van der Waals surface area contributed by atoms with Crippen molar-refractivity contribution in [2.75, 3.05) is 44.3 Å². The van der Waals surface area contributed by atoms with Crippen molar-refractivity contribution in [1.29, 1.82) is 0 Å². The van der Waals surface area contributed by atoms with Crippen molar-refractivity contribution in [3.63, 3.8) is 0 Å². The lowest BCUT2D eigenvalue weighted by Crippen LogP contribution is -2.52. The summed E-state index contributed by atoms with van der Waals surface area (Å²) in [6.07, 6.45) is 4.12. The van der Waals surface area contributed by atoms with Gasteiger partial charge in [-0.25, -0.2) is 0 Å². The number of ketones is 2. The first-order valence-corrected chi connectivity index (χ1v) is 13.8. The highest BCUT2D eigenvalue weighted by Crippen LogP contribution is 2.46. The molecular weight excluding hydrogens is 476 g/mol. The van der Waals surface area contributed by atoms with E-state index >= 15 is 0 Å². The first-order valence-electron chi connectivity index (χ1n) is 13.8. The third-order valence-corrected chi connectivity index (χ3v) is 9.11. The molecule has 4 aliphatic rings. The average molecular weight is 511 g/mol. The summed E-state index contributed by atoms with van der Waals surface area (Å²) >= 11 is 0. The predicted molar refractivity (Wildman–Crippen MR) is 149 cm³/mol. The fraction of sp³-hybridized carbons (Fsp3) is 0.452. The normalized spacial score (nSPS) is 23.0. The summed E-state index contributed by atoms with van der Waals surface area (Å²) < 4.78 is 5.56. The van der Waals surface area contributed by atoms with Gasteiger partial charge in [-0.15, -0.1) is 0 Å². The number of aliphatic imine (C=N–C) groups is 1. The summed E-state index contributed by atoms with van der Waals surface area (Å²) in [7, 11) is 0. The molecule has 1 aliphatic carbocycles. The Morgan fingerprint density at radius 2 is 1.82 bits per heavy atom. The third-order valence-electron chi connectivity index (χ3n) is 9.11. The van der Waals surface area contributed by atoms with Gasteiger partial charge in [0.25, 0.3) is 0 Å². The number of nitrogens with zero attached hydrogens (tertiary/aromatic N) is 3. The van der Waals surface area contributed by atoms with E-state index in [9.17, 15) is 9.59 Å². The molecule has 1 N–H and O–H groups in total. The van der Waals surface area contributed by atoms with E-state index < -0.39 is 5.41 Å². The van der Waals surface area contributed by atoms with Gasteiger partial charge in [-0.05, 0) is 49.1 Å². The van der Waals surface area contributed by atoms with Gasteiger partial charge >= 0.3 is 0 Å². The first kappa shape index (κ1) is 23.8. The first-order chi connectivity index (χ1) is 18.3. The fourth-order valence-corrected chi connectivity index (χ4v) is 6.80. The topological polar surface area (TPSA) is 78.0 Å². The zero-order valence-corrected chi connectivity index (χ0v) is 22.3. The van der Waals surface area contributed by atoms with Gasteiger partial charge in [-0.1, -0.05) is 26.0 Å². The number of fused-ring (bicyclic) bond motifs is 4. The van der Waals surface area contributed by atoms with Crippen LogP contribution >= 0.6 is 0 Å². The van der Waals surface area contributed by atoms with Crippen LogP contribution in [0, 0.1) is 0 Å². The largest absolute Gasteiger partial charge is 0.381 e. The number of rotatable bonds is 4. The number of aromatic amines is 1. The molecule has 1 atom stereocenters. The van der Waals surface area contributed by atoms with Crippen LogP contribution in [0.2, 0.25) is 0 Å². The molecular formula is C31H34N4O3. The number of carbonyl (C=O) groups excluding carboxylic acids is 2. The molecule has 0 amide bonds. The van der Waals surface area contributed by atoms with Crippen LogP contribution in [0.25, 0.3) is 10.9 Å². The molecule has 3 aromatic rings. The van der Waals surface area contributed by atoms with E-state index in [1.807, 2.05) is 18.3 Å². The molecule has 0 spiro atoms. The van der Waals surface area contributed by atoms with Crippen LogP contribution in [0.15, 0.2) is 35.3 Å². The van der Waals surface area contributed by atoms with Crippen molar-refractivity contribution < 1.29 is 14.3 Å². The number of hydrogen-bond acceptors (Lipinski definition) is 6. The standard InChI is InChI=1S/C31H34N4O3/c1-18(36)22-15-23-24(16-27(22)35-10-8-34(9-11-35)20-6-12-38-13-7-20)31(2,3)30-28(29(23)37)21-5-4-19(26-17-32-26)14-25(21)33-30/h4-5,14-17,20,26,33H,6-13H2,1-3H3. The fourth-order valence-electron chi connectivity index (χ4n) is 6.80. The molecule has 0 saturated carbocycles. The summed E-state index contributed by atoms with van der Waals surface area (Å²) in [6.45, 7) is 11.3. The van der Waals surface area contributed by atoms with Crippen LogP contribution in [0.5, 0.6) is 0 Å². The number of piperazine rings is 1. The van der Waals surface area contributed by atoms with Crippen molar-refractivity contribution in [1.82, 2.24) is 9.88 Å². The van der Waals surface area contributed by atoms with Gasteiger partial charge in [0.2, 0.25) is 0 Å². The Labute approximate surface area is 222 Å². The molecule has 4 heterocycles. The van der Waals surface area contributed by atoms with Crippen molar-refractivity contribution in [2.45, 2.75) is 51.1 Å². The number of nitrogens with one attached hydrogen (secondary N) is 1. The molecule has 2 aromatic carbocycles. The smallest absolute Gasteiger partial charge is 0.195 e. The Hall–Kier alpha value is -3.29. The monoisotopic (exact) mass is 510 g/mol. The Morgan fingerprint density at radius 1 is 1.08 bits per heavy atom. The maximum Gasteiger partial charge on any atom is 0.195 e. The van der Waals surface area contributed by atoms with Gasteiger partial charge in [0.1, 0.15) is 6.04 Å². The SMILES string of the molecule is CC(=O)c1cc2c(cc1N1CCN(C3CCOCC3)CC1)C(C)(C)c1[nH]c3cc(C4C=N4)ccc3c1C2=O. The maximum atomic E-state index is 14.0. The molecule has 196 valence electrons. The number of Topliss-reactive ketones (excluding diaryl/α,β-unsaturated/α-hetero) is 1. The Morgan fingerprint density at radius 3 is 2.50 bits per heavy atom. The second kappa shape index (κ2) is 8.61. The van der Waals surface area contributed by atoms with Gasteiger partial charge < -0.3 is 14.6 Å². The van der Waals surface area contributed by atoms with Crippen LogP contribution in [-0.2, 0) is 10.2 Å². The van der Waals surface area contributed by atoms with Gasteiger partial charge in [0.05, 0.1) is 5.56 Å². The van der Waals surface area contributed by atoms with Gasteiger partial charge in [-0.3, -0.25) is 19.5 Å². The van der Waals surface area contributed by atoms with Crippen molar-refractivity contribution in [3.8, 4) is 0 Å². The second-order valence-corrected chi connectivity index (χ2v) is 11.7. The quantitative estimate of drug-likeness (QED) is 0.517. The maximum absolute atomic E-state index is 14.0. The summed E-state index contributed by atoms with van der Waals surface area (Å²) in [5, 5.41) is 0.936. The van der Waals surface area contributed by atoms with Gasteiger partial charge in [0, 0.05) is 90.5 Å². The van der Waals surface area contributed by atoms with Crippen LogP contribution in [0.4, 0.5) is 5.69 Å². The Balaban J connectivity index is 1.27. The molecule has 38 heavy (non-hydrogen) atoms. The van der Waals surface area contributed by atoms with E-state index in [1.165, 1.54) is 0 Å². The molecule has 3 aliphatic heterocycles. The van der Waals surface area contributed by atoms with E-state index in [0.717, 1.165) is 91.2 Å². The van der Waals surface area contributed by atoms with E-state index in [4.69, 9.17) is 4.74 Å². The Kier molecular flexibility index (Phi) is 5.39. The molecule has 7 rings (SSSR count). The van der Waals surface area contributed by atoms with Crippen molar-refractivity contribution in [2.24, 2.45) is 4.99 Å². The third kappa shape index (κ3) is 3.67. The highest BCUT2D eigenvalue weighted by molar-refractivity contribution is 6.21. The molecule has 2 fully saturated rings. The Bertz CT molecular complexity index is 1500. The van der Waals surface area contributed by atoms with Crippen LogP contribution in [-0.4, -0.2) is 73.1 Å². The van der Waals surface area contributed by atoms with Gasteiger partial charge in [0.15, 0.2) is 11.6 Å². The highest BCUT2D eigenvalue weighted by atomic mass is 16.5. The summed E-state index contributed by atoms with van der Waals surface area (Å²) in [6, 6.07) is 11.0. The lowest BCUT2D eigenvalue weighted by atomic mass is 9.70. The molecule has 0 bridgehead atoms. The summed E-state index contributed by atoms with van der Waals surface area (Å²) in [4.78, 5) is 39.7. The van der Waals surface area contributed by atoms with E-state index in [2.05, 4.69) is 51.8 Å². The second-order valence-electron chi connectivity index (χ2n) is 11.7. The van der Waals surface area contributed by atoms with Crippen molar-refractivity contribution >= 4 is 34.4 Å². The van der Waals surface area contributed by atoms with Crippen LogP contribution in [0.3, 0.4) is 0 Å². The number of ether oxygens (including phenoxy) is 1. The van der Waals surface area contributed by atoms with E-state index in [0.29, 0.717) is 17.2 Å². The molecule has 0 radical (unpaired) electrons. The molecule has 2 saturated heterocycles. The number of anilines is 1. The van der Waals surface area contributed by atoms with E-state index in [-0.39, 0.29) is 17.6 Å². The van der Waals surface area contributed by atoms with Crippen molar-refractivity contribution in [3.05, 3.63) is 63.8 Å². The minimum absolute atomic E-state index is 0.000867. The molecule has 1 unspecified atom stereocenters. The number of benzene rings is 2. The van der Waals surface area contributed by atoms with Crippen LogP contribution < -0.4 is 4.90 Å². The number of hydrogen-bond donors (Lipinski definition) is 1. The molecule has 7 nitrogen and oxygen atoms in total. The minimum atomic E-state index is -0.415. The lowest BCUT2D eigenvalue weighted by molar-refractivity contribution is 0.0321. The predicted octanol–water partition coefficient (Wildman–Crippen LogP) is 4.67. The number of aromatic nitrogens is 1. The molecule has 1 aromatic heterocycles. The average Bonchev–Trinajstić information content (AvgIpc) is 3.71. The molecule has 7 heteroatoms. The van der Waals surface area contributed by atoms with E-state index in [1.54, 1.807) is 6.92 Å². The summed E-state index contributed by atoms with van der Waals surface area (Å²) in [5.41, 5.74) is 6.60. The lowest BCUT2D eigenvalue weighted by Gasteiger charge is -2.42. The highest BCUT2D eigenvalue weighted by Gasteiger charge is 2.41. The van der Waals surface area contributed by atoms with Crippen LogP contribution in [0.1, 0.15) is 82.8 Å².